The zero-order valence-corrected chi connectivity index (χ0v) is 11.2. The molecule has 0 spiro atoms. The second-order valence-electron chi connectivity index (χ2n) is 3.53. The average Bonchev–Trinajstić information content (AvgIpc) is 2.09. The predicted molar refractivity (Wildman–Crippen MR) is 65.4 cm³/mol. The molecular formula is C8H12BrN3O3S. The normalized spacial score (nSPS) is 13.4. The third kappa shape index (κ3) is 3.93. The quantitative estimate of drug-likeness (QED) is 0.839. The molecule has 0 bridgehead atoms. The lowest BCUT2D eigenvalue weighted by Gasteiger charge is -2.13. The van der Waals surface area contributed by atoms with Crippen molar-refractivity contribution < 1.29 is 8.42 Å². The molecule has 6 nitrogen and oxygen atoms in total. The predicted octanol–water partition coefficient (Wildman–Crippen LogP) is 0.377. The van der Waals surface area contributed by atoms with E-state index in [1.807, 2.05) is 0 Å². The molecule has 0 saturated heterocycles. The van der Waals surface area contributed by atoms with Gasteiger partial charge in [0.05, 0.1) is 12.1 Å². The van der Waals surface area contributed by atoms with Crippen molar-refractivity contribution in [2.75, 3.05) is 17.3 Å². The first-order valence-corrected chi connectivity index (χ1v) is 7.32. The van der Waals surface area contributed by atoms with Gasteiger partial charge < -0.3 is 10.3 Å². The van der Waals surface area contributed by atoms with E-state index >= 15 is 0 Å². The van der Waals surface area contributed by atoms with Gasteiger partial charge in [-0.15, -0.1) is 0 Å². The minimum Gasteiger partial charge on any atom is -0.365 e. The summed E-state index contributed by atoms with van der Waals surface area (Å²) < 4.78 is 22.3. The highest BCUT2D eigenvalue weighted by Crippen LogP contribution is 2.14. The topological polar surface area (TPSA) is 91.9 Å². The summed E-state index contributed by atoms with van der Waals surface area (Å²) in [4.78, 5) is 17.5. The van der Waals surface area contributed by atoms with Crippen molar-refractivity contribution >= 4 is 31.6 Å². The van der Waals surface area contributed by atoms with Gasteiger partial charge in [0.25, 0.3) is 5.56 Å². The maximum Gasteiger partial charge on any atom is 0.267 e. The first kappa shape index (κ1) is 13.2. The fourth-order valence-electron chi connectivity index (χ4n) is 1.21. The van der Waals surface area contributed by atoms with Crippen LogP contribution in [-0.2, 0) is 9.84 Å². The van der Waals surface area contributed by atoms with Gasteiger partial charge in [-0.05, 0) is 22.9 Å². The smallest absolute Gasteiger partial charge is 0.267 e. The molecule has 1 unspecified atom stereocenters. The van der Waals surface area contributed by atoms with Gasteiger partial charge in [0.2, 0.25) is 0 Å². The molecule has 1 heterocycles. The summed E-state index contributed by atoms with van der Waals surface area (Å²) in [5, 5.41) is 2.85. The maximum absolute atomic E-state index is 11.2. The molecular weight excluding hydrogens is 298 g/mol. The van der Waals surface area contributed by atoms with Gasteiger partial charge in [0, 0.05) is 12.3 Å². The SMILES string of the molecule is CC(CS(C)(=O)=O)Nc1nc[nH]c(=O)c1Br. The fourth-order valence-corrected chi connectivity index (χ4v) is 2.54. The molecule has 1 aromatic rings. The van der Waals surface area contributed by atoms with Gasteiger partial charge in [-0.3, -0.25) is 4.79 Å². The number of aromatic amines is 1. The van der Waals surface area contributed by atoms with Crippen LogP contribution in [0, 0.1) is 0 Å². The summed E-state index contributed by atoms with van der Waals surface area (Å²) in [5.41, 5.74) is -0.316. The Balaban J connectivity index is 2.82. The van der Waals surface area contributed by atoms with Crippen molar-refractivity contribution in [3.8, 4) is 0 Å². The van der Waals surface area contributed by atoms with Crippen LogP contribution in [-0.4, -0.2) is 36.4 Å². The van der Waals surface area contributed by atoms with Crippen LogP contribution < -0.4 is 10.9 Å². The lowest BCUT2D eigenvalue weighted by Crippen LogP contribution is -2.26. The van der Waals surface area contributed by atoms with Crippen molar-refractivity contribution in [2.24, 2.45) is 0 Å². The van der Waals surface area contributed by atoms with E-state index in [0.29, 0.717) is 5.82 Å². The lowest BCUT2D eigenvalue weighted by atomic mass is 10.4. The molecule has 1 rings (SSSR count). The molecule has 90 valence electrons. The van der Waals surface area contributed by atoms with Gasteiger partial charge in [-0.25, -0.2) is 13.4 Å². The Kier molecular flexibility index (Phi) is 4.09. The third-order valence-corrected chi connectivity index (χ3v) is 3.57. The van der Waals surface area contributed by atoms with Crippen LogP contribution in [0.4, 0.5) is 5.82 Å². The number of aromatic nitrogens is 2. The van der Waals surface area contributed by atoms with Crippen molar-refractivity contribution in [1.82, 2.24) is 9.97 Å². The number of anilines is 1. The Morgan fingerprint density at radius 1 is 1.62 bits per heavy atom. The summed E-state index contributed by atoms with van der Waals surface area (Å²) in [5.74, 6) is 0.313. The van der Waals surface area contributed by atoms with E-state index in [-0.39, 0.29) is 21.8 Å². The van der Waals surface area contributed by atoms with Crippen molar-refractivity contribution in [3.63, 3.8) is 0 Å². The van der Waals surface area contributed by atoms with Gasteiger partial charge in [-0.1, -0.05) is 0 Å². The van der Waals surface area contributed by atoms with Crippen LogP contribution in [0.15, 0.2) is 15.6 Å². The highest BCUT2D eigenvalue weighted by atomic mass is 79.9. The van der Waals surface area contributed by atoms with E-state index in [4.69, 9.17) is 0 Å². The van der Waals surface area contributed by atoms with E-state index < -0.39 is 9.84 Å². The molecule has 16 heavy (non-hydrogen) atoms. The van der Waals surface area contributed by atoms with Crippen molar-refractivity contribution in [1.29, 1.82) is 0 Å². The van der Waals surface area contributed by atoms with Crippen LogP contribution in [0.1, 0.15) is 6.92 Å². The van der Waals surface area contributed by atoms with Gasteiger partial charge in [-0.2, -0.15) is 0 Å². The van der Waals surface area contributed by atoms with Gasteiger partial charge in [0.15, 0.2) is 0 Å². The van der Waals surface area contributed by atoms with E-state index in [0.717, 1.165) is 6.26 Å². The molecule has 0 amide bonds. The van der Waals surface area contributed by atoms with Crippen molar-refractivity contribution in [2.45, 2.75) is 13.0 Å². The van der Waals surface area contributed by atoms with Crippen LogP contribution in [0.3, 0.4) is 0 Å². The maximum atomic E-state index is 11.2. The minimum absolute atomic E-state index is 0.0199. The molecule has 0 fully saturated rings. The Morgan fingerprint density at radius 2 is 2.25 bits per heavy atom. The number of rotatable bonds is 4. The van der Waals surface area contributed by atoms with Crippen LogP contribution in [0.2, 0.25) is 0 Å². The Bertz CT molecular complexity index is 526. The van der Waals surface area contributed by atoms with E-state index in [9.17, 15) is 13.2 Å². The van der Waals surface area contributed by atoms with Gasteiger partial charge >= 0.3 is 0 Å². The number of hydrogen-bond donors (Lipinski definition) is 2. The molecule has 0 aliphatic rings. The Hall–Kier alpha value is -0.890. The highest BCUT2D eigenvalue weighted by Gasteiger charge is 2.13. The monoisotopic (exact) mass is 309 g/mol. The Morgan fingerprint density at radius 3 is 2.81 bits per heavy atom. The first-order chi connectivity index (χ1) is 7.29. The molecule has 1 atom stereocenters. The van der Waals surface area contributed by atoms with Crippen LogP contribution >= 0.6 is 15.9 Å². The molecule has 0 aliphatic carbocycles. The molecule has 8 heteroatoms. The zero-order chi connectivity index (χ0) is 12.3. The minimum atomic E-state index is -3.06. The first-order valence-electron chi connectivity index (χ1n) is 4.47. The fraction of sp³-hybridized carbons (Fsp3) is 0.500. The molecule has 0 radical (unpaired) electrons. The van der Waals surface area contributed by atoms with Crippen LogP contribution in [0.25, 0.3) is 0 Å². The number of hydrogen-bond acceptors (Lipinski definition) is 5. The number of nitrogens with zero attached hydrogens (tertiary/aromatic N) is 1. The summed E-state index contributed by atoms with van der Waals surface area (Å²) in [7, 11) is -3.06. The van der Waals surface area contributed by atoms with E-state index in [1.54, 1.807) is 6.92 Å². The van der Waals surface area contributed by atoms with Gasteiger partial charge in [0.1, 0.15) is 20.1 Å². The second kappa shape index (κ2) is 4.96. The number of H-pyrrole nitrogens is 1. The molecule has 1 aromatic heterocycles. The summed E-state index contributed by atoms with van der Waals surface area (Å²) in [6, 6.07) is -0.319. The number of halogens is 1. The lowest BCUT2D eigenvalue weighted by molar-refractivity contribution is 0.598. The molecule has 0 saturated carbocycles. The average molecular weight is 310 g/mol. The van der Waals surface area contributed by atoms with E-state index in [1.165, 1.54) is 6.33 Å². The largest absolute Gasteiger partial charge is 0.365 e. The number of nitrogens with one attached hydrogen (secondary N) is 2. The van der Waals surface area contributed by atoms with E-state index in [2.05, 4.69) is 31.2 Å². The Labute approximate surface area is 102 Å². The summed E-state index contributed by atoms with van der Waals surface area (Å²) in [6.07, 6.45) is 2.41. The standard InChI is InChI=1S/C8H12BrN3O3S/c1-5(3-16(2,14)15)12-7-6(9)8(13)11-4-10-7/h4-5H,3H2,1-2H3,(H2,10,11,12,13). The van der Waals surface area contributed by atoms with Crippen LogP contribution in [0.5, 0.6) is 0 Å². The summed E-state index contributed by atoms with van der Waals surface area (Å²) >= 11 is 3.07. The third-order valence-electron chi connectivity index (χ3n) is 1.73. The number of sulfone groups is 1. The molecule has 2 N–H and O–H groups in total. The zero-order valence-electron chi connectivity index (χ0n) is 8.82. The second-order valence-corrected chi connectivity index (χ2v) is 6.51. The molecule has 0 aliphatic heterocycles. The van der Waals surface area contributed by atoms with Crippen molar-refractivity contribution in [3.05, 3.63) is 21.2 Å². The molecule has 0 aromatic carbocycles. The highest BCUT2D eigenvalue weighted by molar-refractivity contribution is 9.10. The summed E-state index contributed by atoms with van der Waals surface area (Å²) in [6.45, 7) is 1.70.